The summed E-state index contributed by atoms with van der Waals surface area (Å²) in [5.41, 5.74) is 6.55. The van der Waals surface area contributed by atoms with E-state index in [0.717, 1.165) is 51.1 Å². The number of ether oxygens (including phenoxy) is 2. The normalized spacial score (nSPS) is 24.3. The van der Waals surface area contributed by atoms with E-state index < -0.39 is 11.6 Å². The highest BCUT2D eigenvalue weighted by atomic mass is 19.1. The quantitative estimate of drug-likeness (QED) is 0.492. The second-order valence-electron chi connectivity index (χ2n) is 10.3. The van der Waals surface area contributed by atoms with Gasteiger partial charge in [-0.15, -0.1) is 0 Å². The molecule has 1 unspecified atom stereocenters. The molecule has 0 bridgehead atoms. The maximum Gasteiger partial charge on any atom is 0.266 e. The van der Waals surface area contributed by atoms with Crippen LogP contribution in [0, 0.1) is 17.6 Å². The van der Waals surface area contributed by atoms with Crippen molar-refractivity contribution in [2.75, 3.05) is 55.8 Å². The Morgan fingerprint density at radius 1 is 1.03 bits per heavy atom. The van der Waals surface area contributed by atoms with Crippen LogP contribution < -0.4 is 20.3 Å². The van der Waals surface area contributed by atoms with E-state index in [9.17, 15) is 8.78 Å². The van der Waals surface area contributed by atoms with Crippen molar-refractivity contribution in [1.82, 2.24) is 20.1 Å². The number of anilines is 2. The number of nitrogens with zero attached hydrogens (tertiary/aromatic N) is 6. The zero-order valence-corrected chi connectivity index (χ0v) is 21.0. The van der Waals surface area contributed by atoms with Gasteiger partial charge in [0.15, 0.2) is 5.75 Å². The molecular formula is C26H31F2N7O3. The van der Waals surface area contributed by atoms with Crippen LogP contribution in [0.5, 0.6) is 5.75 Å². The minimum Gasteiger partial charge on any atom is -0.490 e. The minimum atomic E-state index is -0.478. The number of piperidine rings is 1. The zero-order chi connectivity index (χ0) is 26.1. The van der Waals surface area contributed by atoms with Gasteiger partial charge in [0, 0.05) is 44.7 Å². The Kier molecular flexibility index (Phi) is 7.07. The van der Waals surface area contributed by atoms with Crippen molar-refractivity contribution in [2.45, 2.75) is 37.1 Å². The SMILES string of the molecule is N[C@H]1CN(c2ncc(OCC3CCN(c4noc(C5CCOC5)n4)CC3)cn2)C[C@@H]1c1cc(F)ccc1F. The molecule has 3 aromatic rings. The zero-order valence-electron chi connectivity index (χ0n) is 21.0. The van der Waals surface area contributed by atoms with Crippen molar-refractivity contribution in [3.8, 4) is 5.75 Å². The molecular weight excluding hydrogens is 496 g/mol. The van der Waals surface area contributed by atoms with Crippen molar-refractivity contribution < 1.29 is 22.8 Å². The van der Waals surface area contributed by atoms with Gasteiger partial charge in [-0.25, -0.2) is 18.7 Å². The molecule has 6 rings (SSSR count). The van der Waals surface area contributed by atoms with E-state index >= 15 is 0 Å². The van der Waals surface area contributed by atoms with E-state index in [1.165, 1.54) is 6.07 Å². The van der Waals surface area contributed by atoms with Gasteiger partial charge in [0.2, 0.25) is 11.8 Å². The number of hydrogen-bond acceptors (Lipinski definition) is 10. The lowest BCUT2D eigenvalue weighted by molar-refractivity contribution is 0.189. The van der Waals surface area contributed by atoms with Crippen molar-refractivity contribution in [3.63, 3.8) is 0 Å². The molecule has 0 radical (unpaired) electrons. The van der Waals surface area contributed by atoms with Gasteiger partial charge in [-0.1, -0.05) is 0 Å². The summed E-state index contributed by atoms with van der Waals surface area (Å²) in [7, 11) is 0. The predicted octanol–water partition coefficient (Wildman–Crippen LogP) is 2.87. The highest BCUT2D eigenvalue weighted by Gasteiger charge is 2.34. The minimum absolute atomic E-state index is 0.204. The lowest BCUT2D eigenvalue weighted by Crippen LogP contribution is -2.36. The van der Waals surface area contributed by atoms with E-state index in [4.69, 9.17) is 19.7 Å². The van der Waals surface area contributed by atoms with E-state index in [1.807, 2.05) is 4.90 Å². The molecule has 3 atom stereocenters. The molecule has 3 aliphatic rings. The fraction of sp³-hybridized carbons (Fsp3) is 0.538. The molecule has 3 aliphatic heterocycles. The van der Waals surface area contributed by atoms with Gasteiger partial charge in [-0.2, -0.15) is 4.98 Å². The van der Waals surface area contributed by atoms with Gasteiger partial charge < -0.3 is 29.5 Å². The Hall–Kier alpha value is -3.38. The van der Waals surface area contributed by atoms with E-state index in [2.05, 4.69) is 25.0 Å². The second kappa shape index (κ2) is 10.8. The molecule has 0 spiro atoms. The first-order valence-corrected chi connectivity index (χ1v) is 13.1. The monoisotopic (exact) mass is 527 g/mol. The average Bonchev–Trinajstić information content (AvgIpc) is 3.71. The molecule has 0 saturated carbocycles. The summed E-state index contributed by atoms with van der Waals surface area (Å²) < 4.78 is 44.8. The van der Waals surface area contributed by atoms with Crippen molar-refractivity contribution in [1.29, 1.82) is 0 Å². The van der Waals surface area contributed by atoms with E-state index in [0.29, 0.717) is 55.8 Å². The van der Waals surface area contributed by atoms with Gasteiger partial charge in [0.25, 0.3) is 5.95 Å². The molecule has 2 N–H and O–H groups in total. The van der Waals surface area contributed by atoms with Crippen LogP contribution in [0.4, 0.5) is 20.7 Å². The van der Waals surface area contributed by atoms with Crippen LogP contribution in [0.25, 0.3) is 0 Å². The predicted molar refractivity (Wildman–Crippen MR) is 134 cm³/mol. The average molecular weight is 528 g/mol. The third kappa shape index (κ3) is 5.28. The highest BCUT2D eigenvalue weighted by molar-refractivity contribution is 5.39. The van der Waals surface area contributed by atoms with Gasteiger partial charge >= 0.3 is 0 Å². The first kappa shape index (κ1) is 24.9. The molecule has 202 valence electrons. The lowest BCUT2D eigenvalue weighted by atomic mass is 9.94. The van der Waals surface area contributed by atoms with Crippen molar-refractivity contribution >= 4 is 11.9 Å². The molecule has 5 heterocycles. The van der Waals surface area contributed by atoms with Crippen molar-refractivity contribution in [2.24, 2.45) is 11.7 Å². The molecule has 0 aliphatic carbocycles. The molecule has 1 aromatic carbocycles. The van der Waals surface area contributed by atoms with Gasteiger partial charge in [-0.3, -0.25) is 0 Å². The summed E-state index contributed by atoms with van der Waals surface area (Å²) in [5, 5.41) is 4.17. The summed E-state index contributed by atoms with van der Waals surface area (Å²) in [5.74, 6) is 1.73. The van der Waals surface area contributed by atoms with Crippen LogP contribution in [0.3, 0.4) is 0 Å². The maximum absolute atomic E-state index is 14.3. The topological polar surface area (TPSA) is 116 Å². The molecule has 38 heavy (non-hydrogen) atoms. The fourth-order valence-electron chi connectivity index (χ4n) is 5.43. The number of hydrogen-bond donors (Lipinski definition) is 1. The number of halogens is 2. The van der Waals surface area contributed by atoms with Gasteiger partial charge in [-0.05, 0) is 54.1 Å². The van der Waals surface area contributed by atoms with Crippen molar-refractivity contribution in [3.05, 3.63) is 53.7 Å². The fourth-order valence-corrected chi connectivity index (χ4v) is 5.43. The smallest absolute Gasteiger partial charge is 0.266 e. The molecule has 12 heteroatoms. The van der Waals surface area contributed by atoms with Crippen LogP contribution in [-0.2, 0) is 4.74 Å². The Bertz CT molecular complexity index is 1230. The highest BCUT2D eigenvalue weighted by Crippen LogP contribution is 2.31. The summed E-state index contributed by atoms with van der Waals surface area (Å²) in [6.07, 6.45) is 6.13. The summed E-state index contributed by atoms with van der Waals surface area (Å²) >= 11 is 0. The molecule has 2 aromatic heterocycles. The van der Waals surface area contributed by atoms with Crippen LogP contribution in [0.2, 0.25) is 0 Å². The lowest BCUT2D eigenvalue weighted by Gasteiger charge is -2.30. The summed E-state index contributed by atoms with van der Waals surface area (Å²) in [6, 6.07) is 3.11. The second-order valence-corrected chi connectivity index (χ2v) is 10.3. The molecule has 3 fully saturated rings. The standard InChI is InChI=1S/C26H31F2N7O3/c27-18-1-2-22(28)20(9-18)21-12-35(13-23(21)29)25-30-10-19(11-31-25)37-14-16-3-6-34(7-4-16)26-32-24(38-33-26)17-5-8-36-15-17/h1-2,9-11,16-17,21,23H,3-8,12-15,29H2/t17?,21-,23+/m1/s1. The van der Waals surface area contributed by atoms with Crippen LogP contribution in [-0.4, -0.2) is 72.2 Å². The molecule has 3 saturated heterocycles. The Morgan fingerprint density at radius 3 is 2.61 bits per heavy atom. The number of rotatable bonds is 7. The molecule has 10 nitrogen and oxygen atoms in total. The van der Waals surface area contributed by atoms with Crippen LogP contribution in [0.15, 0.2) is 35.1 Å². The third-order valence-electron chi connectivity index (χ3n) is 7.71. The molecule has 0 amide bonds. The number of aromatic nitrogens is 4. The number of nitrogens with two attached hydrogens (primary N) is 1. The number of benzene rings is 1. The Morgan fingerprint density at radius 2 is 1.84 bits per heavy atom. The van der Waals surface area contributed by atoms with Crippen LogP contribution >= 0.6 is 0 Å². The van der Waals surface area contributed by atoms with E-state index in [-0.39, 0.29) is 23.4 Å². The van der Waals surface area contributed by atoms with E-state index in [1.54, 1.807) is 12.4 Å². The largest absolute Gasteiger partial charge is 0.490 e. The van der Waals surface area contributed by atoms with Gasteiger partial charge in [0.05, 0.1) is 31.5 Å². The van der Waals surface area contributed by atoms with Crippen LogP contribution in [0.1, 0.15) is 42.6 Å². The summed E-state index contributed by atoms with van der Waals surface area (Å²) in [6.45, 7) is 4.51. The summed E-state index contributed by atoms with van der Waals surface area (Å²) in [4.78, 5) is 17.5. The van der Waals surface area contributed by atoms with Gasteiger partial charge in [0.1, 0.15) is 11.6 Å². The Balaban J connectivity index is 0.982. The maximum atomic E-state index is 14.3. The first-order chi connectivity index (χ1) is 18.5. The Labute approximate surface area is 219 Å². The third-order valence-corrected chi connectivity index (χ3v) is 7.71. The first-order valence-electron chi connectivity index (χ1n) is 13.1.